The maximum absolute atomic E-state index is 12.1. The fraction of sp³-hybridized carbons (Fsp3) is 0.500. The summed E-state index contributed by atoms with van der Waals surface area (Å²) in [6.07, 6.45) is 0.827. The first-order valence-corrected chi connectivity index (χ1v) is 7.23. The van der Waals surface area contributed by atoms with Crippen molar-refractivity contribution in [2.45, 2.75) is 40.0 Å². The van der Waals surface area contributed by atoms with Crippen molar-refractivity contribution >= 4 is 17.6 Å². The molecule has 0 heterocycles. The van der Waals surface area contributed by atoms with E-state index in [1.807, 2.05) is 6.92 Å². The van der Waals surface area contributed by atoms with Crippen LogP contribution in [0, 0.1) is 5.41 Å². The monoisotopic (exact) mass is 293 g/mol. The lowest BCUT2D eigenvalue weighted by molar-refractivity contribution is -0.151. The van der Waals surface area contributed by atoms with Crippen LogP contribution in [0.1, 0.15) is 40.0 Å². The molecule has 0 spiro atoms. The van der Waals surface area contributed by atoms with Crippen LogP contribution < -0.4 is 10.1 Å². The van der Waals surface area contributed by atoms with Crippen molar-refractivity contribution in [1.82, 2.24) is 0 Å². The Bertz CT molecular complexity index is 478. The molecule has 0 atom stereocenters. The molecule has 0 aliphatic rings. The van der Waals surface area contributed by atoms with Crippen molar-refractivity contribution in [3.63, 3.8) is 0 Å². The van der Waals surface area contributed by atoms with E-state index in [0.29, 0.717) is 25.1 Å². The molecule has 5 heteroatoms. The quantitative estimate of drug-likeness (QED) is 0.771. The SMILES string of the molecule is CCOc1ccc(NC(=O)CC(CC)(CC)C(=O)O)cc1. The van der Waals surface area contributed by atoms with Crippen molar-refractivity contribution in [3.8, 4) is 5.75 Å². The number of aliphatic carboxylic acids is 1. The molecule has 0 saturated heterocycles. The number of ether oxygens (including phenoxy) is 1. The molecule has 5 nitrogen and oxygen atoms in total. The average molecular weight is 293 g/mol. The summed E-state index contributed by atoms with van der Waals surface area (Å²) in [6, 6.07) is 7.01. The van der Waals surface area contributed by atoms with Gasteiger partial charge in [-0.3, -0.25) is 9.59 Å². The van der Waals surface area contributed by atoms with Gasteiger partial charge in [0.15, 0.2) is 0 Å². The second kappa shape index (κ2) is 7.67. The van der Waals surface area contributed by atoms with Gasteiger partial charge in [-0.1, -0.05) is 13.8 Å². The summed E-state index contributed by atoms with van der Waals surface area (Å²) in [4.78, 5) is 23.4. The number of nitrogens with one attached hydrogen (secondary N) is 1. The lowest BCUT2D eigenvalue weighted by Gasteiger charge is -2.25. The number of benzene rings is 1. The Kier molecular flexibility index (Phi) is 6.21. The van der Waals surface area contributed by atoms with Gasteiger partial charge in [0.25, 0.3) is 0 Å². The molecule has 0 unspecified atom stereocenters. The molecule has 1 aromatic carbocycles. The summed E-state index contributed by atoms with van der Waals surface area (Å²) >= 11 is 0. The summed E-state index contributed by atoms with van der Waals surface area (Å²) in [6.45, 7) is 6.07. The van der Waals surface area contributed by atoms with Crippen molar-refractivity contribution in [2.75, 3.05) is 11.9 Å². The van der Waals surface area contributed by atoms with E-state index < -0.39 is 11.4 Å². The summed E-state index contributed by atoms with van der Waals surface area (Å²) in [7, 11) is 0. The van der Waals surface area contributed by atoms with E-state index in [9.17, 15) is 14.7 Å². The van der Waals surface area contributed by atoms with Crippen LogP contribution in [0.15, 0.2) is 24.3 Å². The maximum atomic E-state index is 12.1. The Morgan fingerprint density at radius 1 is 1.14 bits per heavy atom. The zero-order chi connectivity index (χ0) is 15.9. The average Bonchev–Trinajstić information content (AvgIpc) is 2.47. The van der Waals surface area contributed by atoms with E-state index in [1.54, 1.807) is 38.1 Å². The number of hydrogen-bond donors (Lipinski definition) is 2. The first-order valence-electron chi connectivity index (χ1n) is 7.23. The van der Waals surface area contributed by atoms with Gasteiger partial charge in [0.05, 0.1) is 12.0 Å². The Balaban J connectivity index is 2.70. The highest BCUT2D eigenvalue weighted by Crippen LogP contribution is 2.31. The van der Waals surface area contributed by atoms with Crippen LogP contribution in [-0.4, -0.2) is 23.6 Å². The number of rotatable bonds is 8. The third kappa shape index (κ3) is 4.48. The second-order valence-corrected chi connectivity index (χ2v) is 4.97. The molecule has 0 saturated carbocycles. The number of carboxylic acid groups (broad SMARTS) is 1. The Hall–Kier alpha value is -2.04. The van der Waals surface area contributed by atoms with Crippen LogP contribution in [0.25, 0.3) is 0 Å². The maximum Gasteiger partial charge on any atom is 0.310 e. The molecule has 0 aliphatic carbocycles. The summed E-state index contributed by atoms with van der Waals surface area (Å²) in [5.41, 5.74) is -0.357. The molecular weight excluding hydrogens is 270 g/mol. The molecule has 0 radical (unpaired) electrons. The van der Waals surface area contributed by atoms with Crippen LogP contribution in [0.3, 0.4) is 0 Å². The Labute approximate surface area is 125 Å². The van der Waals surface area contributed by atoms with Gasteiger partial charge in [-0.15, -0.1) is 0 Å². The topological polar surface area (TPSA) is 75.6 Å². The standard InChI is InChI=1S/C16H23NO4/c1-4-16(5-2,15(19)20)11-14(18)17-12-7-9-13(10-8-12)21-6-3/h7-10H,4-6,11H2,1-3H3,(H,17,18)(H,19,20). The molecule has 0 fully saturated rings. The molecule has 1 aromatic rings. The van der Waals surface area contributed by atoms with Crippen LogP contribution in [-0.2, 0) is 9.59 Å². The number of anilines is 1. The highest BCUT2D eigenvalue weighted by molar-refractivity contribution is 5.94. The van der Waals surface area contributed by atoms with E-state index >= 15 is 0 Å². The predicted molar refractivity (Wildman–Crippen MR) is 81.5 cm³/mol. The Morgan fingerprint density at radius 2 is 1.71 bits per heavy atom. The minimum Gasteiger partial charge on any atom is -0.494 e. The fourth-order valence-corrected chi connectivity index (χ4v) is 2.19. The van der Waals surface area contributed by atoms with Crippen molar-refractivity contribution in [2.24, 2.45) is 5.41 Å². The van der Waals surface area contributed by atoms with E-state index in [-0.39, 0.29) is 12.3 Å². The van der Waals surface area contributed by atoms with Gasteiger partial charge < -0.3 is 15.2 Å². The summed E-state index contributed by atoms with van der Waals surface area (Å²) in [5.74, 6) is -0.475. The lowest BCUT2D eigenvalue weighted by atomic mass is 9.79. The predicted octanol–water partition coefficient (Wildman–Crippen LogP) is 3.30. The molecule has 1 amide bonds. The minimum absolute atomic E-state index is 0.0253. The van der Waals surface area contributed by atoms with Gasteiger partial charge in [0, 0.05) is 12.1 Å². The lowest BCUT2D eigenvalue weighted by Crippen LogP contribution is -2.34. The van der Waals surface area contributed by atoms with Crippen molar-refractivity contribution < 1.29 is 19.4 Å². The van der Waals surface area contributed by atoms with Crippen molar-refractivity contribution in [3.05, 3.63) is 24.3 Å². The summed E-state index contributed by atoms with van der Waals surface area (Å²) in [5, 5.41) is 12.1. The molecule has 1 rings (SSSR count). The van der Waals surface area contributed by atoms with Gasteiger partial charge in [-0.2, -0.15) is 0 Å². The molecule has 0 aromatic heterocycles. The molecule has 116 valence electrons. The van der Waals surface area contributed by atoms with Gasteiger partial charge in [-0.25, -0.2) is 0 Å². The van der Waals surface area contributed by atoms with Gasteiger partial charge in [-0.05, 0) is 44.0 Å². The second-order valence-electron chi connectivity index (χ2n) is 4.97. The summed E-state index contributed by atoms with van der Waals surface area (Å²) < 4.78 is 5.32. The number of carbonyl (C=O) groups excluding carboxylic acids is 1. The highest BCUT2D eigenvalue weighted by atomic mass is 16.5. The van der Waals surface area contributed by atoms with Crippen LogP contribution in [0.2, 0.25) is 0 Å². The van der Waals surface area contributed by atoms with Crippen LogP contribution in [0.5, 0.6) is 5.75 Å². The normalized spacial score (nSPS) is 11.0. The third-order valence-electron chi connectivity index (χ3n) is 3.76. The number of carbonyl (C=O) groups is 2. The molecular formula is C16H23NO4. The van der Waals surface area contributed by atoms with Crippen molar-refractivity contribution in [1.29, 1.82) is 0 Å². The first-order chi connectivity index (χ1) is 9.97. The largest absolute Gasteiger partial charge is 0.494 e. The van der Waals surface area contributed by atoms with E-state index in [2.05, 4.69) is 5.32 Å². The van der Waals surface area contributed by atoms with Crippen LogP contribution in [0.4, 0.5) is 5.69 Å². The van der Waals surface area contributed by atoms with Crippen LogP contribution >= 0.6 is 0 Å². The Morgan fingerprint density at radius 3 is 2.14 bits per heavy atom. The number of hydrogen-bond acceptors (Lipinski definition) is 3. The fourth-order valence-electron chi connectivity index (χ4n) is 2.19. The zero-order valence-electron chi connectivity index (χ0n) is 12.8. The smallest absolute Gasteiger partial charge is 0.310 e. The zero-order valence-corrected chi connectivity index (χ0v) is 12.8. The number of carboxylic acids is 1. The molecule has 2 N–H and O–H groups in total. The number of amides is 1. The minimum atomic E-state index is -0.991. The first kappa shape index (κ1) is 17.0. The molecule has 0 aliphatic heterocycles. The van der Waals surface area contributed by atoms with Gasteiger partial charge in [0.1, 0.15) is 5.75 Å². The third-order valence-corrected chi connectivity index (χ3v) is 3.76. The highest BCUT2D eigenvalue weighted by Gasteiger charge is 2.37. The molecule has 0 bridgehead atoms. The van der Waals surface area contributed by atoms with E-state index in [0.717, 1.165) is 5.75 Å². The van der Waals surface area contributed by atoms with Gasteiger partial charge >= 0.3 is 5.97 Å². The van der Waals surface area contributed by atoms with Gasteiger partial charge in [0.2, 0.25) is 5.91 Å². The molecule has 21 heavy (non-hydrogen) atoms. The van der Waals surface area contributed by atoms with E-state index in [4.69, 9.17) is 4.74 Å². The van der Waals surface area contributed by atoms with E-state index in [1.165, 1.54) is 0 Å².